The van der Waals surface area contributed by atoms with E-state index in [9.17, 15) is 14.3 Å². The highest BCUT2D eigenvalue weighted by Gasteiger charge is 2.25. The minimum Gasteiger partial charge on any atom is -0.507 e. The number of aromatic hydroxyl groups is 1. The summed E-state index contributed by atoms with van der Waals surface area (Å²) in [5.74, 6) is -0.959. The summed E-state index contributed by atoms with van der Waals surface area (Å²) in [6.07, 6.45) is 0. The van der Waals surface area contributed by atoms with Crippen molar-refractivity contribution in [2.75, 3.05) is 46.9 Å². The lowest BCUT2D eigenvalue weighted by Gasteiger charge is -2.25. The van der Waals surface area contributed by atoms with Crippen LogP contribution in [0.3, 0.4) is 0 Å². The van der Waals surface area contributed by atoms with Crippen LogP contribution >= 0.6 is 0 Å². The van der Waals surface area contributed by atoms with Crippen molar-refractivity contribution in [1.29, 1.82) is 0 Å². The number of rotatable bonds is 3. The van der Waals surface area contributed by atoms with Gasteiger partial charge in [0.25, 0.3) is 5.91 Å². The fourth-order valence-electron chi connectivity index (χ4n) is 2.55. The molecule has 6 heteroatoms. The Morgan fingerprint density at radius 3 is 2.95 bits per heavy atom. The SMILES string of the molecule is CN(C)C[C@H]1COCCN(C(=O)c2ccc(F)cc2O)C1. The maximum atomic E-state index is 13.0. The Hall–Kier alpha value is -1.66. The molecule has 1 atom stereocenters. The van der Waals surface area contributed by atoms with Crippen molar-refractivity contribution in [2.24, 2.45) is 5.92 Å². The molecule has 0 bridgehead atoms. The number of benzene rings is 1. The second-order valence-electron chi connectivity index (χ2n) is 5.62. The number of halogens is 1. The average Bonchev–Trinajstić information content (AvgIpc) is 2.63. The smallest absolute Gasteiger partial charge is 0.257 e. The van der Waals surface area contributed by atoms with Crippen LogP contribution in [0.2, 0.25) is 0 Å². The van der Waals surface area contributed by atoms with Crippen molar-refractivity contribution in [2.45, 2.75) is 0 Å². The molecule has 1 fully saturated rings. The fraction of sp³-hybridized carbons (Fsp3) is 0.533. The lowest BCUT2D eigenvalue weighted by molar-refractivity contribution is 0.0732. The van der Waals surface area contributed by atoms with Gasteiger partial charge in [-0.3, -0.25) is 4.79 Å². The summed E-state index contributed by atoms with van der Waals surface area (Å²) in [6.45, 7) is 2.93. The van der Waals surface area contributed by atoms with Gasteiger partial charge >= 0.3 is 0 Å². The highest BCUT2D eigenvalue weighted by molar-refractivity contribution is 5.96. The van der Waals surface area contributed by atoms with Crippen LogP contribution in [0.25, 0.3) is 0 Å². The molecule has 0 unspecified atom stereocenters. The van der Waals surface area contributed by atoms with E-state index in [1.165, 1.54) is 12.1 Å². The third-order valence-corrected chi connectivity index (χ3v) is 3.44. The van der Waals surface area contributed by atoms with Crippen LogP contribution in [-0.2, 0) is 4.74 Å². The van der Waals surface area contributed by atoms with Crippen LogP contribution < -0.4 is 0 Å². The maximum Gasteiger partial charge on any atom is 0.257 e. The van der Waals surface area contributed by atoms with Gasteiger partial charge in [-0.25, -0.2) is 4.39 Å². The number of hydrogen-bond acceptors (Lipinski definition) is 4. The molecular formula is C15H21FN2O3. The molecule has 21 heavy (non-hydrogen) atoms. The van der Waals surface area contributed by atoms with Crippen molar-refractivity contribution in [1.82, 2.24) is 9.80 Å². The first kappa shape index (κ1) is 15.7. The molecule has 1 aromatic carbocycles. The Bertz CT molecular complexity index is 508. The zero-order valence-corrected chi connectivity index (χ0v) is 12.4. The topological polar surface area (TPSA) is 53.0 Å². The van der Waals surface area contributed by atoms with E-state index in [1.807, 2.05) is 14.1 Å². The van der Waals surface area contributed by atoms with Crippen molar-refractivity contribution in [3.8, 4) is 5.75 Å². The lowest BCUT2D eigenvalue weighted by atomic mass is 10.1. The van der Waals surface area contributed by atoms with Gasteiger partial charge in [0.1, 0.15) is 11.6 Å². The number of carbonyl (C=O) groups is 1. The van der Waals surface area contributed by atoms with Crippen LogP contribution in [0, 0.1) is 11.7 Å². The van der Waals surface area contributed by atoms with Crippen LogP contribution in [-0.4, -0.2) is 67.8 Å². The maximum absolute atomic E-state index is 13.0. The molecule has 0 saturated carbocycles. The molecule has 1 N–H and O–H groups in total. The molecule has 116 valence electrons. The third-order valence-electron chi connectivity index (χ3n) is 3.44. The van der Waals surface area contributed by atoms with Gasteiger partial charge in [-0.05, 0) is 26.2 Å². The minimum absolute atomic E-state index is 0.127. The van der Waals surface area contributed by atoms with Gasteiger partial charge in [-0.1, -0.05) is 0 Å². The van der Waals surface area contributed by atoms with E-state index in [4.69, 9.17) is 4.74 Å². The molecule has 1 saturated heterocycles. The van der Waals surface area contributed by atoms with Crippen molar-refractivity contribution >= 4 is 5.91 Å². The second-order valence-corrected chi connectivity index (χ2v) is 5.62. The van der Waals surface area contributed by atoms with E-state index >= 15 is 0 Å². The summed E-state index contributed by atoms with van der Waals surface area (Å²) in [5, 5.41) is 9.75. The Morgan fingerprint density at radius 1 is 1.52 bits per heavy atom. The zero-order valence-electron chi connectivity index (χ0n) is 12.4. The molecule has 0 aliphatic carbocycles. The Morgan fingerprint density at radius 2 is 2.29 bits per heavy atom. The number of nitrogens with zero attached hydrogens (tertiary/aromatic N) is 2. The normalized spacial score (nSPS) is 19.6. The lowest BCUT2D eigenvalue weighted by Crippen LogP contribution is -2.38. The summed E-state index contributed by atoms with van der Waals surface area (Å²) in [7, 11) is 3.95. The summed E-state index contributed by atoms with van der Waals surface area (Å²) in [5.41, 5.74) is 0.127. The Kier molecular flexibility index (Phi) is 5.14. The summed E-state index contributed by atoms with van der Waals surface area (Å²) in [6, 6.07) is 3.46. The number of carbonyl (C=O) groups excluding carboxylic acids is 1. The summed E-state index contributed by atoms with van der Waals surface area (Å²) in [4.78, 5) is 16.2. The molecule has 0 radical (unpaired) electrons. The molecular weight excluding hydrogens is 275 g/mol. The van der Waals surface area contributed by atoms with E-state index in [-0.39, 0.29) is 23.1 Å². The molecule has 1 aliphatic heterocycles. The van der Waals surface area contributed by atoms with Gasteiger partial charge in [0.15, 0.2) is 0 Å². The first-order chi connectivity index (χ1) is 9.97. The molecule has 1 amide bonds. The largest absolute Gasteiger partial charge is 0.507 e. The van der Waals surface area contributed by atoms with E-state index < -0.39 is 5.82 Å². The number of phenols is 1. The van der Waals surface area contributed by atoms with Crippen molar-refractivity contribution < 1.29 is 19.0 Å². The van der Waals surface area contributed by atoms with E-state index in [0.717, 1.165) is 12.6 Å². The third kappa shape index (κ3) is 4.15. The number of hydrogen-bond donors (Lipinski definition) is 1. The second kappa shape index (κ2) is 6.87. The molecule has 1 heterocycles. The predicted octanol–water partition coefficient (Wildman–Crippen LogP) is 1.18. The molecule has 2 rings (SSSR count). The Labute approximate surface area is 123 Å². The summed E-state index contributed by atoms with van der Waals surface area (Å²) < 4.78 is 18.5. The zero-order chi connectivity index (χ0) is 15.4. The van der Waals surface area contributed by atoms with Gasteiger partial charge in [-0.15, -0.1) is 0 Å². The van der Waals surface area contributed by atoms with Crippen LogP contribution in [0.5, 0.6) is 5.75 Å². The molecule has 1 aliphatic rings. The van der Waals surface area contributed by atoms with E-state index in [2.05, 4.69) is 4.90 Å². The molecule has 0 spiro atoms. The van der Waals surface area contributed by atoms with Gasteiger partial charge in [-0.2, -0.15) is 0 Å². The Balaban J connectivity index is 2.12. The van der Waals surface area contributed by atoms with E-state index in [1.54, 1.807) is 4.90 Å². The number of phenolic OH excluding ortho intramolecular Hbond substituents is 1. The summed E-state index contributed by atoms with van der Waals surface area (Å²) >= 11 is 0. The number of ether oxygens (including phenoxy) is 1. The quantitative estimate of drug-likeness (QED) is 0.910. The number of amides is 1. The predicted molar refractivity (Wildman–Crippen MR) is 76.8 cm³/mol. The fourth-order valence-corrected chi connectivity index (χ4v) is 2.55. The molecule has 0 aromatic heterocycles. The van der Waals surface area contributed by atoms with Crippen molar-refractivity contribution in [3.63, 3.8) is 0 Å². The van der Waals surface area contributed by atoms with Crippen LogP contribution in [0.15, 0.2) is 18.2 Å². The van der Waals surface area contributed by atoms with Gasteiger partial charge in [0.05, 0.1) is 18.8 Å². The van der Waals surface area contributed by atoms with Gasteiger partial charge in [0, 0.05) is 31.6 Å². The van der Waals surface area contributed by atoms with E-state index in [0.29, 0.717) is 26.3 Å². The monoisotopic (exact) mass is 296 g/mol. The van der Waals surface area contributed by atoms with Gasteiger partial charge in [0.2, 0.25) is 0 Å². The molecule has 5 nitrogen and oxygen atoms in total. The minimum atomic E-state index is -0.561. The standard InChI is InChI=1S/C15H21FN2O3/c1-17(2)8-11-9-18(5-6-21-10-11)15(20)13-4-3-12(16)7-14(13)19/h3-4,7,11,19H,5-6,8-10H2,1-2H3/t11-/m1/s1. The molecule has 1 aromatic rings. The van der Waals surface area contributed by atoms with Crippen LogP contribution in [0.4, 0.5) is 4.39 Å². The van der Waals surface area contributed by atoms with Gasteiger partial charge < -0.3 is 19.6 Å². The average molecular weight is 296 g/mol. The highest BCUT2D eigenvalue weighted by Crippen LogP contribution is 2.21. The highest BCUT2D eigenvalue weighted by atomic mass is 19.1. The van der Waals surface area contributed by atoms with Crippen LogP contribution in [0.1, 0.15) is 10.4 Å². The van der Waals surface area contributed by atoms with Crippen molar-refractivity contribution in [3.05, 3.63) is 29.6 Å². The first-order valence-corrected chi connectivity index (χ1v) is 6.97. The first-order valence-electron chi connectivity index (χ1n) is 6.97.